The Morgan fingerprint density at radius 3 is 2.63 bits per heavy atom. The molecule has 0 aliphatic heterocycles. The molecule has 0 aliphatic carbocycles. The fourth-order valence-electron chi connectivity index (χ4n) is 2.87. The van der Waals surface area contributed by atoms with Gasteiger partial charge in [-0.2, -0.15) is 0 Å². The van der Waals surface area contributed by atoms with Crippen molar-refractivity contribution < 1.29 is 0 Å². The smallest absolute Gasteiger partial charge is 0.0462 e. The van der Waals surface area contributed by atoms with Gasteiger partial charge in [-0.3, -0.25) is 0 Å². The van der Waals surface area contributed by atoms with Gasteiger partial charge in [0.15, 0.2) is 0 Å². The number of aryl methyl sites for hydroxylation is 2. The van der Waals surface area contributed by atoms with Crippen LogP contribution in [0.1, 0.15) is 48.3 Å². The summed E-state index contributed by atoms with van der Waals surface area (Å²) in [6.07, 6.45) is 14.3. The normalized spacial score (nSPS) is 12.2. The number of hydrogen-bond acceptors (Lipinski definition) is 0. The van der Waals surface area contributed by atoms with Gasteiger partial charge in [0.25, 0.3) is 0 Å². The van der Waals surface area contributed by atoms with Crippen LogP contribution in [0.25, 0.3) is 17.7 Å². The van der Waals surface area contributed by atoms with Crippen LogP contribution >= 0.6 is 11.6 Å². The maximum absolute atomic E-state index is 6.20. The third-order valence-corrected chi connectivity index (χ3v) is 4.74. The van der Waals surface area contributed by atoms with Crippen molar-refractivity contribution in [2.45, 2.75) is 33.6 Å². The molecule has 0 fully saturated rings. The van der Waals surface area contributed by atoms with Crippen molar-refractivity contribution in [1.82, 2.24) is 4.98 Å². The van der Waals surface area contributed by atoms with E-state index in [9.17, 15) is 0 Å². The molecule has 2 rings (SSSR count). The Kier molecular flexibility index (Phi) is 7.69. The molecular weight excluding hydrogens is 350 g/mol. The van der Waals surface area contributed by atoms with Crippen molar-refractivity contribution in [3.63, 3.8) is 0 Å². The number of aromatic nitrogens is 1. The van der Waals surface area contributed by atoms with Gasteiger partial charge in [-0.1, -0.05) is 80.6 Å². The molecule has 0 amide bonds. The predicted octanol–water partition coefficient (Wildman–Crippen LogP) is 7.80. The second-order valence-electron chi connectivity index (χ2n) is 6.59. The first-order chi connectivity index (χ1) is 13.0. The van der Waals surface area contributed by atoms with Crippen LogP contribution in [-0.4, -0.2) is 4.98 Å². The monoisotopic (exact) mass is 377 g/mol. The van der Waals surface area contributed by atoms with E-state index in [0.717, 1.165) is 51.4 Å². The van der Waals surface area contributed by atoms with E-state index in [1.165, 1.54) is 5.69 Å². The maximum atomic E-state index is 6.20. The molecule has 0 spiro atoms. The Labute approximate surface area is 168 Å². The molecule has 140 valence electrons. The van der Waals surface area contributed by atoms with E-state index in [1.54, 1.807) is 0 Å². The fourth-order valence-corrected chi connectivity index (χ4v) is 3.06. The van der Waals surface area contributed by atoms with Crippen molar-refractivity contribution in [2.24, 2.45) is 0 Å². The van der Waals surface area contributed by atoms with E-state index in [0.29, 0.717) is 0 Å². The average Bonchev–Trinajstić information content (AvgIpc) is 3.05. The van der Waals surface area contributed by atoms with E-state index in [4.69, 9.17) is 11.6 Å². The molecule has 2 aromatic rings. The fraction of sp³-hybridized carbons (Fsp3) is 0.200. The highest BCUT2D eigenvalue weighted by atomic mass is 35.5. The van der Waals surface area contributed by atoms with Crippen molar-refractivity contribution in [3.8, 4) is 0 Å². The van der Waals surface area contributed by atoms with Crippen LogP contribution in [0, 0.1) is 6.92 Å². The predicted molar refractivity (Wildman–Crippen MR) is 122 cm³/mol. The Bertz CT molecular complexity index is 906. The van der Waals surface area contributed by atoms with E-state index in [2.05, 4.69) is 49.4 Å². The molecule has 0 saturated carbocycles. The van der Waals surface area contributed by atoms with E-state index in [-0.39, 0.29) is 0 Å². The number of rotatable bonds is 8. The maximum Gasteiger partial charge on any atom is 0.0462 e. The van der Waals surface area contributed by atoms with E-state index < -0.39 is 0 Å². The lowest BCUT2D eigenvalue weighted by Gasteiger charge is -2.02. The lowest BCUT2D eigenvalue weighted by Crippen LogP contribution is -1.87. The van der Waals surface area contributed by atoms with Crippen molar-refractivity contribution >= 4 is 29.3 Å². The summed E-state index contributed by atoms with van der Waals surface area (Å²) in [5.74, 6) is 0. The molecule has 0 bridgehead atoms. The van der Waals surface area contributed by atoms with Gasteiger partial charge in [0.05, 0.1) is 0 Å². The van der Waals surface area contributed by atoms with Gasteiger partial charge in [0.1, 0.15) is 0 Å². The molecular formula is C25H28ClN. The van der Waals surface area contributed by atoms with Crippen LogP contribution in [0.3, 0.4) is 0 Å². The standard InChI is InChI=1S/C25H28ClN/c1-6-9-22(25-17-21(8-3)24(27-25)10-7-2)15-18(4)11-13-20-14-12-19(5)23(26)16-20/h6,8-9,11-17,27H,3-4,7,10H2,1-2,5H3/b9-6-,13-11+,22-15+. The molecule has 0 unspecified atom stereocenters. The molecule has 0 radical (unpaired) electrons. The summed E-state index contributed by atoms with van der Waals surface area (Å²) in [4.78, 5) is 3.54. The Morgan fingerprint density at radius 1 is 1.22 bits per heavy atom. The highest BCUT2D eigenvalue weighted by Gasteiger charge is 2.07. The summed E-state index contributed by atoms with van der Waals surface area (Å²) in [5, 5.41) is 0.778. The lowest BCUT2D eigenvalue weighted by molar-refractivity contribution is 0.889. The zero-order valence-corrected chi connectivity index (χ0v) is 17.2. The number of nitrogens with one attached hydrogen (secondary N) is 1. The first-order valence-electron chi connectivity index (χ1n) is 9.30. The number of benzene rings is 1. The molecule has 1 nitrogen and oxygen atoms in total. The molecule has 1 heterocycles. The highest BCUT2D eigenvalue weighted by Crippen LogP contribution is 2.23. The first kappa shape index (κ1) is 20.8. The van der Waals surface area contributed by atoms with Gasteiger partial charge in [-0.15, -0.1) is 0 Å². The van der Waals surface area contributed by atoms with Crippen LogP contribution < -0.4 is 0 Å². The minimum Gasteiger partial charge on any atom is -0.358 e. The Hall–Kier alpha value is -2.51. The second kappa shape index (κ2) is 9.99. The largest absolute Gasteiger partial charge is 0.358 e. The number of hydrogen-bond donors (Lipinski definition) is 1. The van der Waals surface area contributed by atoms with E-state index in [1.807, 2.05) is 50.3 Å². The number of halogens is 1. The summed E-state index contributed by atoms with van der Waals surface area (Å²) < 4.78 is 0. The van der Waals surface area contributed by atoms with Crippen LogP contribution in [0.5, 0.6) is 0 Å². The molecule has 2 heteroatoms. The molecule has 0 aliphatic rings. The summed E-state index contributed by atoms with van der Waals surface area (Å²) in [7, 11) is 0. The van der Waals surface area contributed by atoms with Crippen molar-refractivity contribution in [3.05, 3.63) is 100 Å². The lowest BCUT2D eigenvalue weighted by atomic mass is 10.1. The first-order valence-corrected chi connectivity index (χ1v) is 9.68. The van der Waals surface area contributed by atoms with Crippen molar-refractivity contribution in [2.75, 3.05) is 0 Å². The highest BCUT2D eigenvalue weighted by molar-refractivity contribution is 6.31. The zero-order valence-electron chi connectivity index (χ0n) is 16.5. The third kappa shape index (κ3) is 5.74. The molecule has 0 atom stereocenters. The van der Waals surface area contributed by atoms with Gasteiger partial charge >= 0.3 is 0 Å². The van der Waals surface area contributed by atoms with E-state index >= 15 is 0 Å². The zero-order chi connectivity index (χ0) is 19.8. The van der Waals surface area contributed by atoms with Crippen LogP contribution in [0.15, 0.2) is 67.3 Å². The summed E-state index contributed by atoms with van der Waals surface area (Å²) in [6.45, 7) is 14.3. The summed E-state index contributed by atoms with van der Waals surface area (Å²) in [6, 6.07) is 8.20. The van der Waals surface area contributed by atoms with Gasteiger partial charge in [0.2, 0.25) is 0 Å². The number of allylic oxidation sites excluding steroid dienone is 6. The molecule has 27 heavy (non-hydrogen) atoms. The molecule has 1 aromatic heterocycles. The minimum atomic E-state index is 0.778. The topological polar surface area (TPSA) is 15.8 Å². The average molecular weight is 378 g/mol. The number of aromatic amines is 1. The van der Waals surface area contributed by atoms with Gasteiger partial charge in [-0.25, -0.2) is 0 Å². The summed E-state index contributed by atoms with van der Waals surface area (Å²) >= 11 is 6.20. The summed E-state index contributed by atoms with van der Waals surface area (Å²) in [5.41, 5.74) is 7.64. The van der Waals surface area contributed by atoms with Crippen LogP contribution in [0.4, 0.5) is 0 Å². The van der Waals surface area contributed by atoms with Crippen LogP contribution in [0.2, 0.25) is 5.02 Å². The van der Waals surface area contributed by atoms with Gasteiger partial charge in [0, 0.05) is 16.4 Å². The third-order valence-electron chi connectivity index (χ3n) is 4.34. The Balaban J connectivity index is 2.28. The van der Waals surface area contributed by atoms with Crippen molar-refractivity contribution in [1.29, 1.82) is 0 Å². The number of H-pyrrole nitrogens is 1. The SMILES string of the molecule is C=Cc1cc(C(/C=C\C)=C/C(=C)/C=C/c2ccc(C)c(Cl)c2)[nH]c1CCC. The molecule has 0 saturated heterocycles. The van der Waals surface area contributed by atoms with Gasteiger partial charge < -0.3 is 4.98 Å². The van der Waals surface area contributed by atoms with Crippen LogP contribution in [-0.2, 0) is 6.42 Å². The second-order valence-corrected chi connectivity index (χ2v) is 6.99. The van der Waals surface area contributed by atoms with Gasteiger partial charge in [-0.05, 0) is 66.3 Å². The minimum absolute atomic E-state index is 0.778. The molecule has 1 aromatic carbocycles. The molecule has 1 N–H and O–H groups in total. The quantitative estimate of drug-likeness (QED) is 0.451. The Morgan fingerprint density at radius 2 is 2.00 bits per heavy atom.